The molecule has 0 aliphatic carbocycles. The lowest BCUT2D eigenvalue weighted by Gasteiger charge is -2.08. The van der Waals surface area contributed by atoms with E-state index in [2.05, 4.69) is 20.6 Å². The van der Waals surface area contributed by atoms with Crippen LogP contribution in [-0.4, -0.2) is 42.7 Å². The number of rotatable bonds is 9. The highest BCUT2D eigenvalue weighted by Gasteiger charge is 2.02. The summed E-state index contributed by atoms with van der Waals surface area (Å²) in [6, 6.07) is 7.52. The van der Waals surface area contributed by atoms with Crippen LogP contribution in [0.25, 0.3) is 0 Å². The standard InChI is InChI=1S/C16H20N4O3/c1-22-14-4-2-13(3-5-14)11-23-12-16(21)20-9-8-19-15-10-17-6-7-18-15/h2-7,10H,8-9,11-12H2,1H3,(H,18,19)(H,20,21). The highest BCUT2D eigenvalue weighted by Crippen LogP contribution is 2.11. The lowest BCUT2D eigenvalue weighted by atomic mass is 10.2. The molecule has 0 atom stereocenters. The van der Waals surface area contributed by atoms with E-state index in [1.165, 1.54) is 0 Å². The maximum absolute atomic E-state index is 11.6. The van der Waals surface area contributed by atoms with E-state index in [0.717, 1.165) is 11.3 Å². The van der Waals surface area contributed by atoms with Crippen LogP contribution in [0.2, 0.25) is 0 Å². The number of ether oxygens (including phenoxy) is 2. The third-order valence-corrected chi connectivity index (χ3v) is 2.98. The minimum atomic E-state index is -0.153. The van der Waals surface area contributed by atoms with Gasteiger partial charge in [-0.2, -0.15) is 0 Å². The Morgan fingerprint density at radius 2 is 2.00 bits per heavy atom. The zero-order chi connectivity index (χ0) is 16.3. The average Bonchev–Trinajstić information content (AvgIpc) is 2.60. The van der Waals surface area contributed by atoms with Crippen molar-refractivity contribution in [1.29, 1.82) is 0 Å². The molecule has 2 N–H and O–H groups in total. The van der Waals surface area contributed by atoms with Crippen LogP contribution in [0.15, 0.2) is 42.9 Å². The Balaban J connectivity index is 1.56. The maximum Gasteiger partial charge on any atom is 0.246 e. The molecule has 1 amide bonds. The molecule has 1 aromatic carbocycles. The molecular formula is C16H20N4O3. The minimum absolute atomic E-state index is 0.0250. The van der Waals surface area contributed by atoms with Crippen LogP contribution >= 0.6 is 0 Å². The van der Waals surface area contributed by atoms with Crippen molar-refractivity contribution in [2.24, 2.45) is 0 Å². The fourth-order valence-corrected chi connectivity index (χ4v) is 1.82. The summed E-state index contributed by atoms with van der Waals surface area (Å²) in [7, 11) is 1.62. The third-order valence-electron chi connectivity index (χ3n) is 2.98. The molecular weight excluding hydrogens is 296 g/mol. The molecule has 0 aliphatic heterocycles. The van der Waals surface area contributed by atoms with E-state index >= 15 is 0 Å². The summed E-state index contributed by atoms with van der Waals surface area (Å²) in [6.45, 7) is 1.47. The molecule has 0 spiro atoms. The van der Waals surface area contributed by atoms with E-state index < -0.39 is 0 Å². The van der Waals surface area contributed by atoms with Gasteiger partial charge in [-0.25, -0.2) is 4.98 Å². The van der Waals surface area contributed by atoms with Crippen molar-refractivity contribution in [3.63, 3.8) is 0 Å². The molecule has 0 bridgehead atoms. The highest BCUT2D eigenvalue weighted by molar-refractivity contribution is 5.77. The summed E-state index contributed by atoms with van der Waals surface area (Å²) in [4.78, 5) is 19.6. The van der Waals surface area contributed by atoms with Gasteiger partial charge in [-0.3, -0.25) is 9.78 Å². The molecule has 7 heteroatoms. The lowest BCUT2D eigenvalue weighted by molar-refractivity contribution is -0.126. The summed E-state index contributed by atoms with van der Waals surface area (Å²) in [5.41, 5.74) is 0.989. The van der Waals surface area contributed by atoms with Crippen LogP contribution < -0.4 is 15.4 Å². The smallest absolute Gasteiger partial charge is 0.246 e. The van der Waals surface area contributed by atoms with E-state index in [4.69, 9.17) is 9.47 Å². The molecule has 0 saturated heterocycles. The SMILES string of the molecule is COc1ccc(COCC(=O)NCCNc2cnccn2)cc1. The van der Waals surface area contributed by atoms with Gasteiger partial charge < -0.3 is 20.1 Å². The van der Waals surface area contributed by atoms with E-state index in [1.807, 2.05) is 24.3 Å². The normalized spacial score (nSPS) is 10.1. The highest BCUT2D eigenvalue weighted by atomic mass is 16.5. The number of amides is 1. The number of carbonyl (C=O) groups is 1. The van der Waals surface area contributed by atoms with Crippen LogP contribution in [0.3, 0.4) is 0 Å². The van der Waals surface area contributed by atoms with Crippen LogP contribution in [-0.2, 0) is 16.1 Å². The number of nitrogens with one attached hydrogen (secondary N) is 2. The summed E-state index contributed by atoms with van der Waals surface area (Å²) < 4.78 is 10.5. The Hall–Kier alpha value is -2.67. The molecule has 7 nitrogen and oxygen atoms in total. The van der Waals surface area contributed by atoms with Crippen molar-refractivity contribution in [2.45, 2.75) is 6.61 Å². The summed E-state index contributed by atoms with van der Waals surface area (Å²) in [5, 5.41) is 5.81. The Kier molecular flexibility index (Phi) is 6.80. The Labute approximate surface area is 135 Å². The van der Waals surface area contributed by atoms with Crippen molar-refractivity contribution in [3.8, 4) is 5.75 Å². The predicted molar refractivity (Wildman–Crippen MR) is 86.2 cm³/mol. The molecule has 1 heterocycles. The Morgan fingerprint density at radius 1 is 1.17 bits per heavy atom. The molecule has 0 radical (unpaired) electrons. The zero-order valence-corrected chi connectivity index (χ0v) is 13.0. The fraction of sp³-hybridized carbons (Fsp3) is 0.312. The van der Waals surface area contributed by atoms with Gasteiger partial charge in [0.1, 0.15) is 18.2 Å². The van der Waals surface area contributed by atoms with Gasteiger partial charge >= 0.3 is 0 Å². The lowest BCUT2D eigenvalue weighted by Crippen LogP contribution is -2.31. The average molecular weight is 316 g/mol. The number of carbonyl (C=O) groups excluding carboxylic acids is 1. The molecule has 0 aliphatic rings. The number of anilines is 1. The van der Waals surface area contributed by atoms with Crippen LogP contribution in [0, 0.1) is 0 Å². The van der Waals surface area contributed by atoms with Gasteiger partial charge in [0.15, 0.2) is 0 Å². The van der Waals surface area contributed by atoms with Crippen molar-refractivity contribution in [2.75, 3.05) is 32.1 Å². The first-order valence-electron chi connectivity index (χ1n) is 7.25. The van der Waals surface area contributed by atoms with E-state index in [9.17, 15) is 4.79 Å². The van der Waals surface area contributed by atoms with Gasteiger partial charge in [0, 0.05) is 25.5 Å². The number of methoxy groups -OCH3 is 1. The molecule has 2 aromatic rings. The predicted octanol–water partition coefficient (Wildman–Crippen LogP) is 1.23. The molecule has 23 heavy (non-hydrogen) atoms. The summed E-state index contributed by atoms with van der Waals surface area (Å²) in [5.74, 6) is 1.32. The first-order chi connectivity index (χ1) is 11.3. The zero-order valence-electron chi connectivity index (χ0n) is 13.0. The number of benzene rings is 1. The van der Waals surface area contributed by atoms with Gasteiger partial charge in [-0.05, 0) is 17.7 Å². The molecule has 122 valence electrons. The maximum atomic E-state index is 11.6. The number of hydrogen-bond acceptors (Lipinski definition) is 6. The number of hydrogen-bond donors (Lipinski definition) is 2. The second-order valence-electron chi connectivity index (χ2n) is 4.71. The van der Waals surface area contributed by atoms with Gasteiger partial charge in [-0.1, -0.05) is 12.1 Å². The van der Waals surface area contributed by atoms with Crippen LogP contribution in [0.1, 0.15) is 5.56 Å². The third kappa shape index (κ3) is 6.31. The van der Waals surface area contributed by atoms with E-state index in [1.54, 1.807) is 25.7 Å². The van der Waals surface area contributed by atoms with Gasteiger partial charge in [-0.15, -0.1) is 0 Å². The molecule has 0 fully saturated rings. The number of aromatic nitrogens is 2. The second kappa shape index (κ2) is 9.37. The molecule has 2 rings (SSSR count). The second-order valence-corrected chi connectivity index (χ2v) is 4.71. The molecule has 0 saturated carbocycles. The van der Waals surface area contributed by atoms with Gasteiger partial charge in [0.2, 0.25) is 5.91 Å². The molecule has 0 unspecified atom stereocenters. The summed E-state index contributed by atoms with van der Waals surface area (Å²) >= 11 is 0. The van der Waals surface area contributed by atoms with Crippen LogP contribution in [0.5, 0.6) is 5.75 Å². The minimum Gasteiger partial charge on any atom is -0.497 e. The molecule has 1 aromatic heterocycles. The Morgan fingerprint density at radius 3 is 2.70 bits per heavy atom. The van der Waals surface area contributed by atoms with Gasteiger partial charge in [0.25, 0.3) is 0 Å². The largest absolute Gasteiger partial charge is 0.497 e. The van der Waals surface area contributed by atoms with Crippen LogP contribution in [0.4, 0.5) is 5.82 Å². The van der Waals surface area contributed by atoms with E-state index in [-0.39, 0.29) is 12.5 Å². The quantitative estimate of drug-likeness (QED) is 0.677. The van der Waals surface area contributed by atoms with Crippen molar-refractivity contribution < 1.29 is 14.3 Å². The Bertz CT molecular complexity index is 590. The topological polar surface area (TPSA) is 85.4 Å². The number of nitrogens with zero attached hydrogens (tertiary/aromatic N) is 2. The van der Waals surface area contributed by atoms with Crippen molar-refractivity contribution in [1.82, 2.24) is 15.3 Å². The monoisotopic (exact) mass is 316 g/mol. The fourth-order valence-electron chi connectivity index (χ4n) is 1.82. The first kappa shape index (κ1) is 16.7. The van der Waals surface area contributed by atoms with Crippen molar-refractivity contribution >= 4 is 11.7 Å². The van der Waals surface area contributed by atoms with Crippen molar-refractivity contribution in [3.05, 3.63) is 48.4 Å². The first-order valence-corrected chi connectivity index (χ1v) is 7.25. The van der Waals surface area contributed by atoms with Gasteiger partial charge in [0.05, 0.1) is 19.9 Å². The van der Waals surface area contributed by atoms with E-state index in [0.29, 0.717) is 25.5 Å². The summed E-state index contributed by atoms with van der Waals surface area (Å²) in [6.07, 6.45) is 4.83.